The lowest BCUT2D eigenvalue weighted by atomic mass is 9.67. The third kappa shape index (κ3) is 2.49. The van der Waals surface area contributed by atoms with Gasteiger partial charge in [-0.15, -0.1) is 0 Å². The van der Waals surface area contributed by atoms with Gasteiger partial charge in [0.15, 0.2) is 0 Å². The molecule has 3 aliphatic rings. The van der Waals surface area contributed by atoms with Gasteiger partial charge in [0.05, 0.1) is 6.10 Å². The second-order valence-electron chi connectivity index (χ2n) is 7.45. The fourth-order valence-corrected chi connectivity index (χ4v) is 4.64. The summed E-state index contributed by atoms with van der Waals surface area (Å²) >= 11 is 0. The molecule has 1 aliphatic carbocycles. The number of pyridine rings is 1. The Morgan fingerprint density at radius 3 is 2.93 bits per heavy atom. The van der Waals surface area contributed by atoms with E-state index in [-0.39, 0.29) is 18.0 Å². The van der Waals surface area contributed by atoms with Crippen LogP contribution in [-0.2, 0) is 10.3 Å². The van der Waals surface area contributed by atoms with Crippen LogP contribution in [0.15, 0.2) is 41.5 Å². The highest BCUT2D eigenvalue weighted by molar-refractivity contribution is 5.75. The quantitative estimate of drug-likeness (QED) is 0.753. The fourth-order valence-electron chi connectivity index (χ4n) is 4.64. The molecule has 0 bridgehead atoms. The summed E-state index contributed by atoms with van der Waals surface area (Å²) in [4.78, 5) is 8.41. The van der Waals surface area contributed by atoms with Gasteiger partial charge in [-0.05, 0) is 49.1 Å². The van der Waals surface area contributed by atoms with Crippen LogP contribution in [0.4, 0.5) is 4.39 Å². The number of amidine groups is 1. The van der Waals surface area contributed by atoms with Crippen LogP contribution in [0.1, 0.15) is 24.8 Å². The van der Waals surface area contributed by atoms with Gasteiger partial charge in [-0.1, -0.05) is 6.07 Å². The molecule has 27 heavy (non-hydrogen) atoms. The molecular formula is C20H20FN3O3. The average Bonchev–Trinajstić information content (AvgIpc) is 3.06. The number of aliphatic hydroxyl groups excluding tert-OH is 1. The van der Waals surface area contributed by atoms with Crippen molar-refractivity contribution >= 4 is 6.02 Å². The number of hydrogen-bond acceptors (Lipinski definition) is 6. The van der Waals surface area contributed by atoms with Gasteiger partial charge < -0.3 is 20.3 Å². The van der Waals surface area contributed by atoms with Crippen molar-refractivity contribution in [3.8, 4) is 16.9 Å². The molecule has 0 amide bonds. The molecule has 2 unspecified atom stereocenters. The van der Waals surface area contributed by atoms with Gasteiger partial charge in [0.25, 0.3) is 6.02 Å². The van der Waals surface area contributed by atoms with E-state index in [1.54, 1.807) is 12.1 Å². The predicted molar refractivity (Wildman–Crippen MR) is 96.6 cm³/mol. The van der Waals surface area contributed by atoms with E-state index in [0.717, 1.165) is 12.0 Å². The van der Waals surface area contributed by atoms with Crippen molar-refractivity contribution in [1.29, 1.82) is 0 Å². The topological polar surface area (TPSA) is 90.0 Å². The lowest BCUT2D eigenvalue weighted by Crippen LogP contribution is -2.51. The molecule has 1 aromatic heterocycles. The lowest BCUT2D eigenvalue weighted by molar-refractivity contribution is -0.0359. The Bertz CT molecular complexity index is 934. The standard InChI is InChI=1S/C20H20FN3O3/c21-18-13(2-1-7-23-18)11-3-5-16-14(8-11)20(10-26-19(22)24-20)15-9-12(25)4-6-17(15)27-16/h1-3,5,7-8,12,15,17,25H,4,6,9-10H2,(H2,22,24)/t12?,15-,17+,20?/m1/s1. The first kappa shape index (κ1) is 16.5. The smallest absolute Gasteiger partial charge is 0.283 e. The van der Waals surface area contributed by atoms with Gasteiger partial charge in [0, 0.05) is 23.2 Å². The Kier molecular flexibility index (Phi) is 3.62. The van der Waals surface area contributed by atoms with E-state index in [2.05, 4.69) is 9.98 Å². The van der Waals surface area contributed by atoms with Crippen molar-refractivity contribution in [2.45, 2.75) is 37.0 Å². The van der Waals surface area contributed by atoms with E-state index in [9.17, 15) is 9.50 Å². The van der Waals surface area contributed by atoms with Crippen LogP contribution in [0.5, 0.6) is 5.75 Å². The number of fused-ring (bicyclic) bond motifs is 4. The summed E-state index contributed by atoms with van der Waals surface area (Å²) in [5.41, 5.74) is 7.08. The van der Waals surface area contributed by atoms with Gasteiger partial charge in [0.1, 0.15) is 24.0 Å². The minimum atomic E-state index is -0.724. The monoisotopic (exact) mass is 369 g/mol. The summed E-state index contributed by atoms with van der Waals surface area (Å²) in [5, 5.41) is 10.2. The fraction of sp³-hybridized carbons (Fsp3) is 0.400. The number of nitrogens with zero attached hydrogens (tertiary/aromatic N) is 2. The molecule has 6 nitrogen and oxygen atoms in total. The number of aromatic nitrogens is 1. The van der Waals surface area contributed by atoms with Crippen LogP contribution < -0.4 is 10.5 Å². The Morgan fingerprint density at radius 1 is 1.26 bits per heavy atom. The third-order valence-electron chi connectivity index (χ3n) is 5.92. The van der Waals surface area contributed by atoms with E-state index < -0.39 is 17.6 Å². The van der Waals surface area contributed by atoms with E-state index in [4.69, 9.17) is 15.2 Å². The van der Waals surface area contributed by atoms with Crippen LogP contribution in [-0.4, -0.2) is 34.9 Å². The lowest BCUT2D eigenvalue weighted by Gasteiger charge is -2.47. The van der Waals surface area contributed by atoms with Crippen molar-refractivity contribution in [2.75, 3.05) is 6.61 Å². The molecule has 2 aromatic rings. The van der Waals surface area contributed by atoms with Gasteiger partial charge in [-0.3, -0.25) is 0 Å². The van der Waals surface area contributed by atoms with Crippen LogP contribution in [0.2, 0.25) is 0 Å². The number of nitrogens with two attached hydrogens (primary N) is 1. The van der Waals surface area contributed by atoms with Crippen molar-refractivity contribution in [2.24, 2.45) is 16.6 Å². The number of aliphatic imine (C=N–C) groups is 1. The van der Waals surface area contributed by atoms with Gasteiger partial charge in [-0.25, -0.2) is 9.98 Å². The highest BCUT2D eigenvalue weighted by Crippen LogP contribution is 2.53. The summed E-state index contributed by atoms with van der Waals surface area (Å²) in [6.07, 6.45) is 2.98. The van der Waals surface area contributed by atoms with Crippen molar-refractivity contribution in [3.05, 3.63) is 48.0 Å². The molecule has 1 saturated carbocycles. The average molecular weight is 369 g/mol. The van der Waals surface area contributed by atoms with Gasteiger partial charge >= 0.3 is 0 Å². The summed E-state index contributed by atoms with van der Waals surface area (Å²) in [6, 6.07) is 9.10. The summed E-state index contributed by atoms with van der Waals surface area (Å²) in [6.45, 7) is 0.294. The number of aliphatic hydroxyl groups is 1. The van der Waals surface area contributed by atoms with Gasteiger partial charge in [0.2, 0.25) is 5.95 Å². The van der Waals surface area contributed by atoms with Crippen molar-refractivity contribution in [3.63, 3.8) is 0 Å². The Hall–Kier alpha value is -2.67. The maximum Gasteiger partial charge on any atom is 0.283 e. The molecular weight excluding hydrogens is 349 g/mol. The second kappa shape index (κ2) is 5.92. The molecule has 1 fully saturated rings. The Morgan fingerprint density at radius 2 is 2.15 bits per heavy atom. The zero-order valence-corrected chi connectivity index (χ0v) is 14.6. The number of benzene rings is 1. The zero-order valence-electron chi connectivity index (χ0n) is 14.6. The molecule has 1 spiro atoms. The first-order valence-electron chi connectivity index (χ1n) is 9.15. The SMILES string of the molecule is NC1=NC2(CO1)c1cc(-c3cccnc3F)ccc1O[C@H]1CCC(O)C[C@H]12. The van der Waals surface area contributed by atoms with E-state index in [1.807, 2.05) is 18.2 Å². The number of hydrogen-bond donors (Lipinski definition) is 2. The molecule has 7 heteroatoms. The summed E-state index contributed by atoms with van der Waals surface area (Å²) in [7, 11) is 0. The van der Waals surface area contributed by atoms with Crippen LogP contribution >= 0.6 is 0 Å². The maximum absolute atomic E-state index is 14.2. The molecule has 5 rings (SSSR count). The normalized spacial score (nSPS) is 31.5. The second-order valence-corrected chi connectivity index (χ2v) is 7.45. The first-order valence-corrected chi connectivity index (χ1v) is 9.15. The van der Waals surface area contributed by atoms with E-state index >= 15 is 0 Å². The zero-order chi connectivity index (χ0) is 18.6. The van der Waals surface area contributed by atoms with E-state index in [0.29, 0.717) is 36.3 Å². The highest BCUT2D eigenvalue weighted by Gasteiger charge is 2.55. The summed E-state index contributed by atoms with van der Waals surface area (Å²) < 4.78 is 26.0. The first-order chi connectivity index (χ1) is 13.1. The van der Waals surface area contributed by atoms with Gasteiger partial charge in [-0.2, -0.15) is 4.39 Å². The number of halogens is 1. The Labute approximate surface area is 155 Å². The molecule has 3 heterocycles. The minimum Gasteiger partial charge on any atom is -0.490 e. The number of ether oxygens (including phenoxy) is 2. The molecule has 1 aromatic carbocycles. The molecule has 0 saturated heterocycles. The molecule has 2 aliphatic heterocycles. The van der Waals surface area contributed by atoms with Crippen LogP contribution in [0.25, 0.3) is 11.1 Å². The largest absolute Gasteiger partial charge is 0.490 e. The maximum atomic E-state index is 14.2. The molecule has 140 valence electrons. The highest BCUT2D eigenvalue weighted by atomic mass is 19.1. The minimum absolute atomic E-state index is 0.0520. The predicted octanol–water partition coefficient (Wildman–Crippen LogP) is 2.35. The van der Waals surface area contributed by atoms with E-state index in [1.165, 1.54) is 6.20 Å². The molecule has 4 atom stereocenters. The third-order valence-corrected chi connectivity index (χ3v) is 5.92. The molecule has 0 radical (unpaired) electrons. The summed E-state index contributed by atoms with van der Waals surface area (Å²) in [5.74, 6) is 0.131. The van der Waals surface area contributed by atoms with Crippen molar-refractivity contribution < 1.29 is 19.0 Å². The molecule has 3 N–H and O–H groups in total. The van der Waals surface area contributed by atoms with Crippen molar-refractivity contribution in [1.82, 2.24) is 4.98 Å². The number of rotatable bonds is 1. The van der Waals surface area contributed by atoms with Crippen LogP contribution in [0, 0.1) is 11.9 Å². The van der Waals surface area contributed by atoms with Crippen LogP contribution in [0.3, 0.4) is 0 Å². The Balaban J connectivity index is 1.68.